The van der Waals surface area contributed by atoms with Gasteiger partial charge in [0.25, 0.3) is 5.91 Å². The van der Waals surface area contributed by atoms with E-state index in [-0.39, 0.29) is 12.5 Å². The summed E-state index contributed by atoms with van der Waals surface area (Å²) >= 11 is 0. The van der Waals surface area contributed by atoms with Gasteiger partial charge < -0.3 is 19.7 Å². The SMILES string of the molecule is COCCN1CCC(CNC(=O)COc2ccc(C)cc2C)CC1. The van der Waals surface area contributed by atoms with Crippen molar-refractivity contribution in [1.82, 2.24) is 10.2 Å². The largest absolute Gasteiger partial charge is 0.484 e. The van der Waals surface area contributed by atoms with Crippen LogP contribution in [0.5, 0.6) is 5.75 Å². The molecule has 134 valence electrons. The van der Waals surface area contributed by atoms with Crippen molar-refractivity contribution in [3.63, 3.8) is 0 Å². The third-order valence-corrected chi connectivity index (χ3v) is 4.60. The molecule has 24 heavy (non-hydrogen) atoms. The molecule has 1 aliphatic heterocycles. The number of hydrogen-bond acceptors (Lipinski definition) is 4. The van der Waals surface area contributed by atoms with Gasteiger partial charge in [-0.1, -0.05) is 17.7 Å². The zero-order valence-corrected chi connectivity index (χ0v) is 15.1. The molecule has 1 fully saturated rings. The van der Waals surface area contributed by atoms with Gasteiger partial charge in [0.1, 0.15) is 5.75 Å². The van der Waals surface area contributed by atoms with Crippen molar-refractivity contribution >= 4 is 5.91 Å². The Hall–Kier alpha value is -1.59. The van der Waals surface area contributed by atoms with Crippen molar-refractivity contribution in [2.75, 3.05) is 46.5 Å². The first kappa shape index (κ1) is 18.7. The van der Waals surface area contributed by atoms with Crippen LogP contribution in [0.4, 0.5) is 0 Å². The Bertz CT molecular complexity index is 525. The highest BCUT2D eigenvalue weighted by molar-refractivity contribution is 5.77. The van der Waals surface area contributed by atoms with Crippen molar-refractivity contribution in [3.05, 3.63) is 29.3 Å². The Kier molecular flexibility index (Phi) is 7.53. The smallest absolute Gasteiger partial charge is 0.257 e. The summed E-state index contributed by atoms with van der Waals surface area (Å²) in [6.45, 7) is 8.83. The molecule has 1 heterocycles. The van der Waals surface area contributed by atoms with E-state index in [9.17, 15) is 4.79 Å². The van der Waals surface area contributed by atoms with Crippen molar-refractivity contribution in [1.29, 1.82) is 0 Å². The predicted octanol–water partition coefficient (Wildman–Crippen LogP) is 2.16. The Morgan fingerprint density at radius 3 is 2.71 bits per heavy atom. The van der Waals surface area contributed by atoms with E-state index in [2.05, 4.69) is 16.3 Å². The first-order chi connectivity index (χ1) is 11.6. The fraction of sp³-hybridized carbons (Fsp3) is 0.632. The number of aryl methyl sites for hydroxylation is 2. The van der Waals surface area contributed by atoms with E-state index in [1.165, 1.54) is 5.56 Å². The molecule has 0 saturated carbocycles. The summed E-state index contributed by atoms with van der Waals surface area (Å²) in [5.74, 6) is 1.30. The molecule has 0 aromatic heterocycles. The van der Waals surface area contributed by atoms with E-state index in [0.717, 1.165) is 56.9 Å². The number of ether oxygens (including phenoxy) is 2. The number of amides is 1. The van der Waals surface area contributed by atoms with E-state index in [1.807, 2.05) is 26.0 Å². The van der Waals surface area contributed by atoms with Crippen LogP contribution in [0.1, 0.15) is 24.0 Å². The monoisotopic (exact) mass is 334 g/mol. The molecular weight excluding hydrogens is 304 g/mol. The quantitative estimate of drug-likeness (QED) is 0.791. The van der Waals surface area contributed by atoms with Gasteiger partial charge in [-0.25, -0.2) is 0 Å². The standard InChI is InChI=1S/C19H30N2O3/c1-15-4-5-18(16(2)12-15)24-14-19(22)20-13-17-6-8-21(9-7-17)10-11-23-3/h4-5,12,17H,6-11,13-14H2,1-3H3,(H,20,22). The van der Waals surface area contributed by atoms with Crippen LogP contribution in [0, 0.1) is 19.8 Å². The Morgan fingerprint density at radius 2 is 2.04 bits per heavy atom. The van der Waals surface area contributed by atoms with Crippen molar-refractivity contribution in [2.24, 2.45) is 5.92 Å². The minimum Gasteiger partial charge on any atom is -0.484 e. The van der Waals surface area contributed by atoms with E-state index < -0.39 is 0 Å². The van der Waals surface area contributed by atoms with Crippen LogP contribution in [-0.2, 0) is 9.53 Å². The number of hydrogen-bond donors (Lipinski definition) is 1. The maximum absolute atomic E-state index is 12.0. The van der Waals surface area contributed by atoms with Crippen molar-refractivity contribution < 1.29 is 14.3 Å². The molecule has 1 amide bonds. The average molecular weight is 334 g/mol. The maximum atomic E-state index is 12.0. The number of carbonyl (C=O) groups excluding carboxylic acids is 1. The minimum atomic E-state index is -0.0446. The van der Waals surface area contributed by atoms with Crippen LogP contribution >= 0.6 is 0 Å². The summed E-state index contributed by atoms with van der Waals surface area (Å²) in [6.07, 6.45) is 2.25. The van der Waals surface area contributed by atoms with Crippen LogP contribution in [0.25, 0.3) is 0 Å². The fourth-order valence-electron chi connectivity index (χ4n) is 3.05. The van der Waals surface area contributed by atoms with Crippen LogP contribution in [0.15, 0.2) is 18.2 Å². The molecule has 5 nitrogen and oxygen atoms in total. The van der Waals surface area contributed by atoms with Crippen molar-refractivity contribution in [2.45, 2.75) is 26.7 Å². The molecule has 0 bridgehead atoms. The lowest BCUT2D eigenvalue weighted by Crippen LogP contribution is -2.40. The van der Waals surface area contributed by atoms with E-state index >= 15 is 0 Å². The molecule has 2 rings (SSSR count). The second kappa shape index (κ2) is 9.64. The molecule has 0 atom stereocenters. The van der Waals surface area contributed by atoms with Gasteiger partial charge in [0.15, 0.2) is 6.61 Å². The first-order valence-electron chi connectivity index (χ1n) is 8.76. The molecular formula is C19H30N2O3. The second-order valence-corrected chi connectivity index (χ2v) is 6.64. The molecule has 1 aromatic carbocycles. The number of likely N-dealkylation sites (tertiary alicyclic amines) is 1. The zero-order valence-electron chi connectivity index (χ0n) is 15.1. The fourth-order valence-corrected chi connectivity index (χ4v) is 3.05. The molecule has 0 unspecified atom stereocenters. The van der Waals surface area contributed by atoms with Crippen LogP contribution < -0.4 is 10.1 Å². The molecule has 1 aromatic rings. The zero-order chi connectivity index (χ0) is 17.4. The second-order valence-electron chi connectivity index (χ2n) is 6.64. The topological polar surface area (TPSA) is 50.8 Å². The molecule has 1 N–H and O–H groups in total. The number of piperidine rings is 1. The minimum absolute atomic E-state index is 0.0446. The Morgan fingerprint density at radius 1 is 1.29 bits per heavy atom. The van der Waals surface area contributed by atoms with Gasteiger partial charge in [-0.3, -0.25) is 4.79 Å². The van der Waals surface area contributed by atoms with Gasteiger partial charge in [-0.05, 0) is 57.3 Å². The van der Waals surface area contributed by atoms with E-state index in [4.69, 9.17) is 9.47 Å². The number of benzene rings is 1. The average Bonchev–Trinajstić information content (AvgIpc) is 2.58. The Labute approximate surface area is 145 Å². The molecule has 0 radical (unpaired) electrons. The van der Waals surface area contributed by atoms with Crippen LogP contribution in [0.3, 0.4) is 0 Å². The predicted molar refractivity (Wildman–Crippen MR) is 95.5 cm³/mol. The van der Waals surface area contributed by atoms with Crippen molar-refractivity contribution in [3.8, 4) is 5.75 Å². The molecule has 1 saturated heterocycles. The Balaban J connectivity index is 1.63. The maximum Gasteiger partial charge on any atom is 0.257 e. The highest BCUT2D eigenvalue weighted by atomic mass is 16.5. The summed E-state index contributed by atoms with van der Waals surface area (Å²) in [6, 6.07) is 5.98. The molecule has 0 aliphatic carbocycles. The van der Waals surface area contributed by atoms with Gasteiger partial charge in [-0.15, -0.1) is 0 Å². The lowest BCUT2D eigenvalue weighted by atomic mass is 9.97. The van der Waals surface area contributed by atoms with Gasteiger partial charge in [-0.2, -0.15) is 0 Å². The van der Waals surface area contributed by atoms with Gasteiger partial charge in [0, 0.05) is 20.2 Å². The van der Waals surface area contributed by atoms with E-state index in [1.54, 1.807) is 7.11 Å². The van der Waals surface area contributed by atoms with E-state index in [0.29, 0.717) is 5.92 Å². The van der Waals surface area contributed by atoms with Crippen LogP contribution in [0.2, 0.25) is 0 Å². The number of rotatable bonds is 8. The first-order valence-corrected chi connectivity index (χ1v) is 8.76. The molecule has 1 aliphatic rings. The lowest BCUT2D eigenvalue weighted by Gasteiger charge is -2.31. The third kappa shape index (κ3) is 6.13. The summed E-state index contributed by atoms with van der Waals surface area (Å²) in [5, 5.41) is 3.00. The lowest BCUT2D eigenvalue weighted by molar-refractivity contribution is -0.123. The normalized spacial score (nSPS) is 16.1. The number of carbonyl (C=O) groups is 1. The summed E-state index contributed by atoms with van der Waals surface area (Å²) in [5.41, 5.74) is 2.26. The number of nitrogens with one attached hydrogen (secondary N) is 1. The molecule has 0 spiro atoms. The highest BCUT2D eigenvalue weighted by Gasteiger charge is 2.19. The van der Waals surface area contributed by atoms with Gasteiger partial charge in [0.2, 0.25) is 0 Å². The number of methoxy groups -OCH3 is 1. The highest BCUT2D eigenvalue weighted by Crippen LogP contribution is 2.19. The number of nitrogens with zero attached hydrogens (tertiary/aromatic N) is 1. The summed E-state index contributed by atoms with van der Waals surface area (Å²) < 4.78 is 10.7. The third-order valence-electron chi connectivity index (χ3n) is 4.60. The summed E-state index contributed by atoms with van der Waals surface area (Å²) in [7, 11) is 1.74. The van der Waals surface area contributed by atoms with Gasteiger partial charge in [0.05, 0.1) is 6.61 Å². The van der Waals surface area contributed by atoms with Gasteiger partial charge >= 0.3 is 0 Å². The molecule has 5 heteroatoms. The van der Waals surface area contributed by atoms with Crippen LogP contribution in [-0.4, -0.2) is 57.3 Å². The summed E-state index contributed by atoms with van der Waals surface area (Å²) in [4.78, 5) is 14.4.